The van der Waals surface area contributed by atoms with Gasteiger partial charge in [-0.3, -0.25) is 14.2 Å². The molecule has 10 heteroatoms. The highest BCUT2D eigenvalue weighted by molar-refractivity contribution is 7.45. The predicted molar refractivity (Wildman–Crippen MR) is 351 cm³/mol. The van der Waals surface area contributed by atoms with Crippen molar-refractivity contribution in [3.63, 3.8) is 0 Å². The number of hydrogen-bond donors (Lipinski definition) is 0. The average Bonchev–Trinajstić information content (AvgIpc) is 3.46. The monoisotopic (exact) mass is 1170 g/mol. The maximum Gasteiger partial charge on any atom is 0.306 e. The largest absolute Gasteiger partial charge is 0.756 e. The molecule has 0 bridgehead atoms. The van der Waals surface area contributed by atoms with Gasteiger partial charge < -0.3 is 27.9 Å². The van der Waals surface area contributed by atoms with Crippen molar-refractivity contribution in [1.82, 2.24) is 0 Å². The lowest BCUT2D eigenvalue weighted by Crippen LogP contribution is -2.37. The van der Waals surface area contributed by atoms with Gasteiger partial charge in [-0.2, -0.15) is 0 Å². The third kappa shape index (κ3) is 66.6. The minimum absolute atomic E-state index is 0.0324. The number of phosphoric ester groups is 1. The van der Waals surface area contributed by atoms with Crippen LogP contribution in [0.4, 0.5) is 0 Å². The van der Waals surface area contributed by atoms with Gasteiger partial charge in [0.1, 0.15) is 19.8 Å². The number of quaternary nitrogens is 1. The summed E-state index contributed by atoms with van der Waals surface area (Å²) in [6, 6.07) is 0. The van der Waals surface area contributed by atoms with E-state index in [0.29, 0.717) is 17.4 Å². The second-order valence-electron chi connectivity index (χ2n) is 24.5. The summed E-state index contributed by atoms with van der Waals surface area (Å²) in [6.45, 7) is 4.25. The molecule has 82 heavy (non-hydrogen) atoms. The zero-order valence-electron chi connectivity index (χ0n) is 54.4. The van der Waals surface area contributed by atoms with Crippen molar-refractivity contribution in [3.05, 3.63) is 72.9 Å². The van der Waals surface area contributed by atoms with Crippen molar-refractivity contribution in [2.24, 2.45) is 0 Å². The number of esters is 2. The molecule has 0 amide bonds. The highest BCUT2D eigenvalue weighted by Gasteiger charge is 2.22. The first kappa shape index (κ1) is 79.5. The van der Waals surface area contributed by atoms with E-state index in [9.17, 15) is 19.0 Å². The second-order valence-corrected chi connectivity index (χ2v) is 25.9. The van der Waals surface area contributed by atoms with Crippen LogP contribution in [0.5, 0.6) is 0 Å². The number of ether oxygens (including phenoxy) is 2. The molecule has 0 N–H and O–H groups in total. The number of phosphoric acid groups is 1. The highest BCUT2D eigenvalue weighted by Crippen LogP contribution is 2.38. The summed E-state index contributed by atoms with van der Waals surface area (Å²) in [4.78, 5) is 38.0. The van der Waals surface area contributed by atoms with E-state index in [0.717, 1.165) is 64.2 Å². The van der Waals surface area contributed by atoms with Gasteiger partial charge in [0.05, 0.1) is 27.7 Å². The lowest BCUT2D eigenvalue weighted by atomic mass is 10.0. The average molecular weight is 1170 g/mol. The molecule has 9 nitrogen and oxygen atoms in total. The molecule has 0 heterocycles. The minimum Gasteiger partial charge on any atom is -0.756 e. The van der Waals surface area contributed by atoms with Gasteiger partial charge in [-0.05, 0) is 89.9 Å². The Balaban J connectivity index is 4.04. The van der Waals surface area contributed by atoms with Crippen molar-refractivity contribution in [1.29, 1.82) is 0 Å². The van der Waals surface area contributed by atoms with Gasteiger partial charge in [0.25, 0.3) is 7.82 Å². The Morgan fingerprint density at radius 3 is 0.976 bits per heavy atom. The summed E-state index contributed by atoms with van der Waals surface area (Å²) in [5, 5.41) is 0. The van der Waals surface area contributed by atoms with Gasteiger partial charge in [-0.25, -0.2) is 0 Å². The number of nitrogens with zero attached hydrogens (tertiary/aromatic N) is 1. The lowest BCUT2D eigenvalue weighted by Gasteiger charge is -2.28. The first-order chi connectivity index (χ1) is 40.0. The van der Waals surface area contributed by atoms with Crippen LogP contribution in [0.3, 0.4) is 0 Å². The zero-order chi connectivity index (χ0) is 59.8. The topological polar surface area (TPSA) is 111 Å². The molecule has 0 aromatic carbocycles. The lowest BCUT2D eigenvalue weighted by molar-refractivity contribution is -0.870. The highest BCUT2D eigenvalue weighted by atomic mass is 31.2. The third-order valence-electron chi connectivity index (χ3n) is 15.2. The predicted octanol–water partition coefficient (Wildman–Crippen LogP) is 21.8. The number of unbranched alkanes of at least 4 members (excludes halogenated alkanes) is 38. The van der Waals surface area contributed by atoms with Crippen LogP contribution in [0.25, 0.3) is 0 Å². The summed E-state index contributed by atoms with van der Waals surface area (Å²) in [7, 11) is 1.17. The van der Waals surface area contributed by atoms with E-state index in [2.05, 4.69) is 86.8 Å². The molecular weight excluding hydrogens is 1040 g/mol. The van der Waals surface area contributed by atoms with Gasteiger partial charge in [0.15, 0.2) is 6.10 Å². The van der Waals surface area contributed by atoms with Crippen LogP contribution in [0.1, 0.15) is 322 Å². The van der Waals surface area contributed by atoms with Crippen LogP contribution in [0.2, 0.25) is 0 Å². The number of carbonyl (C=O) groups excluding carboxylic acids is 2. The molecule has 0 aromatic rings. The van der Waals surface area contributed by atoms with Gasteiger partial charge >= 0.3 is 11.9 Å². The van der Waals surface area contributed by atoms with Gasteiger partial charge in [0.2, 0.25) is 0 Å². The quantitative estimate of drug-likeness (QED) is 0.0195. The molecule has 0 saturated heterocycles. The van der Waals surface area contributed by atoms with E-state index in [4.69, 9.17) is 18.5 Å². The number of rotatable bonds is 64. The third-order valence-corrected chi connectivity index (χ3v) is 16.2. The van der Waals surface area contributed by atoms with Crippen LogP contribution in [-0.4, -0.2) is 70.0 Å². The van der Waals surface area contributed by atoms with E-state index >= 15 is 0 Å². The number of likely N-dealkylation sites (N-methyl/N-ethyl adjacent to an activating group) is 1. The maximum absolute atomic E-state index is 12.9. The van der Waals surface area contributed by atoms with E-state index in [1.807, 2.05) is 21.1 Å². The van der Waals surface area contributed by atoms with Crippen LogP contribution in [-0.2, 0) is 32.7 Å². The van der Waals surface area contributed by atoms with Crippen LogP contribution in [0, 0.1) is 0 Å². The zero-order valence-corrected chi connectivity index (χ0v) is 55.3. The molecule has 2 atom stereocenters. The van der Waals surface area contributed by atoms with E-state index in [-0.39, 0.29) is 32.0 Å². The Bertz CT molecular complexity index is 1610. The Morgan fingerprint density at radius 2 is 0.659 bits per heavy atom. The fraction of sp³-hybridized carbons (Fsp3) is 0.806. The van der Waals surface area contributed by atoms with Gasteiger partial charge in [0, 0.05) is 12.8 Å². The Labute approximate surface area is 508 Å². The molecule has 0 rings (SSSR count). The molecule has 0 aliphatic carbocycles. The van der Waals surface area contributed by atoms with Crippen LogP contribution >= 0.6 is 7.82 Å². The molecule has 0 aliphatic rings. The number of hydrogen-bond acceptors (Lipinski definition) is 8. The van der Waals surface area contributed by atoms with E-state index in [1.165, 1.54) is 225 Å². The summed E-state index contributed by atoms with van der Waals surface area (Å²) < 4.78 is 34.3. The Hall–Kier alpha value is -2.55. The van der Waals surface area contributed by atoms with Gasteiger partial charge in [-0.15, -0.1) is 0 Å². The summed E-state index contributed by atoms with van der Waals surface area (Å²) in [6.07, 6.45) is 84.0. The maximum atomic E-state index is 12.9. The second kappa shape index (κ2) is 63.0. The molecule has 0 radical (unpaired) electrons. The molecule has 0 saturated carbocycles. The number of allylic oxidation sites excluding steroid dienone is 12. The molecule has 478 valence electrons. The van der Waals surface area contributed by atoms with Crippen molar-refractivity contribution >= 4 is 19.8 Å². The van der Waals surface area contributed by atoms with Crippen molar-refractivity contribution in [2.45, 2.75) is 328 Å². The smallest absolute Gasteiger partial charge is 0.306 e. The normalized spacial score (nSPS) is 13.6. The molecule has 2 unspecified atom stereocenters. The molecule has 0 spiro atoms. The summed E-state index contributed by atoms with van der Waals surface area (Å²) in [5.74, 6) is -0.827. The minimum atomic E-state index is -4.64. The molecule has 0 aliphatic heterocycles. The molecule has 0 fully saturated rings. The summed E-state index contributed by atoms with van der Waals surface area (Å²) >= 11 is 0. The van der Waals surface area contributed by atoms with E-state index in [1.54, 1.807) is 0 Å². The Kier molecular flexibility index (Phi) is 61.0. The van der Waals surface area contributed by atoms with Crippen LogP contribution < -0.4 is 4.89 Å². The molecule has 0 aromatic heterocycles. The fourth-order valence-electron chi connectivity index (χ4n) is 9.85. The molecular formula is C72H132NO8P. The van der Waals surface area contributed by atoms with Crippen LogP contribution in [0.15, 0.2) is 72.9 Å². The first-order valence-electron chi connectivity index (χ1n) is 34.6. The fourth-order valence-corrected chi connectivity index (χ4v) is 10.6. The number of carbonyl (C=O) groups is 2. The first-order valence-corrected chi connectivity index (χ1v) is 36.1. The van der Waals surface area contributed by atoms with Gasteiger partial charge in [-0.1, -0.05) is 292 Å². The van der Waals surface area contributed by atoms with Crippen molar-refractivity contribution in [3.8, 4) is 0 Å². The standard InChI is InChI=1S/C72H132NO8P/c1-6-8-10-12-14-16-18-20-22-24-26-28-30-32-33-34-35-36-37-38-39-41-43-45-47-49-51-53-55-57-59-61-63-65-72(75)81-70(69-80-82(76,77)79-67-66-73(3,4)5)68-78-71(74)64-62-60-58-56-54-52-50-48-46-44-42-40-31-29-27-25-23-21-19-17-15-13-11-9-7-2/h18-21,24-27,30-32,40,70H,6-17,22-23,28-29,33-39,41-69H2,1-5H3/b20-18-,21-19-,26-24-,27-25-,32-30-,40-31-. The van der Waals surface area contributed by atoms with Crippen molar-refractivity contribution < 1.29 is 42.1 Å². The van der Waals surface area contributed by atoms with Crippen molar-refractivity contribution in [2.75, 3.05) is 47.5 Å². The SMILES string of the molecule is CCCCCCC/C=C\C/C=C\C/C=C\CCCCCCCCCCCCCCCCCCCCC(=O)OC(COC(=O)CCCCCCCCCCCC/C=C\C/C=C\C/C=C\CCCCCCC)COP(=O)([O-])OCC[N+](C)(C)C. The van der Waals surface area contributed by atoms with E-state index < -0.39 is 26.5 Å². The summed E-state index contributed by atoms with van der Waals surface area (Å²) in [5.41, 5.74) is 0. The Morgan fingerprint density at radius 1 is 0.378 bits per heavy atom.